The first kappa shape index (κ1) is 18.2. The van der Waals surface area contributed by atoms with Crippen LogP contribution in [0, 0.1) is 11.8 Å². The van der Waals surface area contributed by atoms with Crippen molar-refractivity contribution in [3.63, 3.8) is 0 Å². The molecule has 1 aromatic rings. The van der Waals surface area contributed by atoms with E-state index in [9.17, 15) is 14.4 Å². The standard InChI is InChI=1S/C17H15Cl3N2O3/c1-8(15(23)21-10-3-5-13(19)14(20)7-10)22-16(24)11-4-2-9(18)6-12(11)17(22)25/h2-3,5,7-8,11-12H,4,6H2,1H3,(H,21,23). The third-order valence-electron chi connectivity index (χ3n) is 4.56. The monoisotopic (exact) mass is 400 g/mol. The molecule has 3 rings (SSSR count). The Hall–Kier alpha value is -1.56. The summed E-state index contributed by atoms with van der Waals surface area (Å²) in [5.41, 5.74) is 0.437. The van der Waals surface area contributed by atoms with Crippen LogP contribution in [0.15, 0.2) is 29.3 Å². The average molecular weight is 402 g/mol. The molecule has 0 saturated carbocycles. The van der Waals surface area contributed by atoms with Gasteiger partial charge >= 0.3 is 0 Å². The average Bonchev–Trinajstić information content (AvgIpc) is 2.81. The van der Waals surface area contributed by atoms with E-state index in [0.717, 1.165) is 4.90 Å². The SMILES string of the molecule is CC(C(=O)Nc1ccc(Cl)c(Cl)c1)N1C(=O)C2CC=C(Cl)CC2C1=O. The van der Waals surface area contributed by atoms with Gasteiger partial charge in [0, 0.05) is 10.7 Å². The van der Waals surface area contributed by atoms with E-state index in [0.29, 0.717) is 33.6 Å². The summed E-state index contributed by atoms with van der Waals surface area (Å²) in [4.78, 5) is 38.7. The van der Waals surface area contributed by atoms with E-state index < -0.39 is 23.8 Å². The summed E-state index contributed by atoms with van der Waals surface area (Å²) in [6.07, 6.45) is 2.53. The quantitative estimate of drug-likeness (QED) is 0.783. The highest BCUT2D eigenvalue weighted by atomic mass is 35.5. The van der Waals surface area contributed by atoms with Gasteiger partial charge in [-0.1, -0.05) is 40.9 Å². The van der Waals surface area contributed by atoms with Gasteiger partial charge in [-0.25, -0.2) is 0 Å². The molecular weight excluding hydrogens is 387 g/mol. The number of rotatable bonds is 3. The number of benzene rings is 1. The molecule has 1 heterocycles. The lowest BCUT2D eigenvalue weighted by Crippen LogP contribution is -2.46. The van der Waals surface area contributed by atoms with Crippen molar-refractivity contribution >= 4 is 58.2 Å². The van der Waals surface area contributed by atoms with E-state index >= 15 is 0 Å². The van der Waals surface area contributed by atoms with Gasteiger partial charge in [-0.3, -0.25) is 19.3 Å². The highest BCUT2D eigenvalue weighted by molar-refractivity contribution is 6.42. The first-order chi connectivity index (χ1) is 11.8. The Bertz CT molecular complexity index is 793. The Morgan fingerprint density at radius 3 is 2.52 bits per heavy atom. The Morgan fingerprint density at radius 1 is 1.16 bits per heavy atom. The number of nitrogens with zero attached hydrogens (tertiary/aromatic N) is 1. The third-order valence-corrected chi connectivity index (χ3v) is 5.60. The van der Waals surface area contributed by atoms with Crippen LogP contribution in [0.5, 0.6) is 0 Å². The van der Waals surface area contributed by atoms with Crippen LogP contribution in [0.3, 0.4) is 0 Å². The minimum Gasteiger partial charge on any atom is -0.324 e. The fourth-order valence-electron chi connectivity index (χ4n) is 3.17. The smallest absolute Gasteiger partial charge is 0.247 e. The van der Waals surface area contributed by atoms with Crippen molar-refractivity contribution in [3.8, 4) is 0 Å². The molecule has 0 radical (unpaired) electrons. The van der Waals surface area contributed by atoms with Gasteiger partial charge in [-0.05, 0) is 38.0 Å². The molecule has 3 amide bonds. The van der Waals surface area contributed by atoms with E-state index in [2.05, 4.69) is 5.32 Å². The van der Waals surface area contributed by atoms with Crippen molar-refractivity contribution in [1.29, 1.82) is 0 Å². The summed E-state index contributed by atoms with van der Waals surface area (Å²) < 4.78 is 0. The molecule has 1 aliphatic carbocycles. The van der Waals surface area contributed by atoms with E-state index in [4.69, 9.17) is 34.8 Å². The number of halogens is 3. The number of fused-ring (bicyclic) bond motifs is 1. The van der Waals surface area contributed by atoms with Gasteiger partial charge in [-0.15, -0.1) is 0 Å². The minimum absolute atomic E-state index is 0.298. The van der Waals surface area contributed by atoms with Gasteiger partial charge in [-0.2, -0.15) is 0 Å². The van der Waals surface area contributed by atoms with Crippen molar-refractivity contribution in [3.05, 3.63) is 39.4 Å². The minimum atomic E-state index is -0.932. The maximum Gasteiger partial charge on any atom is 0.247 e. The molecular formula is C17H15Cl3N2O3. The third kappa shape index (κ3) is 3.41. The Labute approximate surface area is 159 Å². The summed E-state index contributed by atoms with van der Waals surface area (Å²) in [7, 11) is 0. The van der Waals surface area contributed by atoms with E-state index in [1.165, 1.54) is 13.0 Å². The Morgan fingerprint density at radius 2 is 1.84 bits per heavy atom. The molecule has 8 heteroatoms. The number of amides is 3. The second-order valence-electron chi connectivity index (χ2n) is 6.14. The normalized spacial score (nSPS) is 24.0. The van der Waals surface area contributed by atoms with Crippen LogP contribution < -0.4 is 5.32 Å². The summed E-state index contributed by atoms with van der Waals surface area (Å²) in [6, 6.07) is 3.72. The zero-order valence-electron chi connectivity index (χ0n) is 13.3. The molecule has 1 saturated heterocycles. The summed E-state index contributed by atoms with van der Waals surface area (Å²) in [5, 5.41) is 3.90. The molecule has 2 aliphatic rings. The fourth-order valence-corrected chi connectivity index (χ4v) is 3.73. The molecule has 0 spiro atoms. The molecule has 132 valence electrons. The summed E-state index contributed by atoms with van der Waals surface area (Å²) >= 11 is 17.8. The number of likely N-dealkylation sites (tertiary alicyclic amines) is 1. The highest BCUT2D eigenvalue weighted by Crippen LogP contribution is 2.39. The largest absolute Gasteiger partial charge is 0.324 e. The maximum atomic E-state index is 12.6. The number of imide groups is 1. The number of anilines is 1. The zero-order chi connectivity index (χ0) is 18.3. The van der Waals surface area contributed by atoms with Crippen LogP contribution in [-0.2, 0) is 14.4 Å². The van der Waals surface area contributed by atoms with Crippen molar-refractivity contribution < 1.29 is 14.4 Å². The van der Waals surface area contributed by atoms with Gasteiger partial charge in [0.25, 0.3) is 0 Å². The topological polar surface area (TPSA) is 66.5 Å². The number of carbonyl (C=O) groups is 3. The first-order valence-electron chi connectivity index (χ1n) is 7.77. The van der Waals surface area contributed by atoms with E-state index in [1.54, 1.807) is 18.2 Å². The highest BCUT2D eigenvalue weighted by Gasteiger charge is 2.51. The Kier molecular flexibility index (Phi) is 5.09. The van der Waals surface area contributed by atoms with E-state index in [-0.39, 0.29) is 11.8 Å². The van der Waals surface area contributed by atoms with Gasteiger partial charge < -0.3 is 5.32 Å². The lowest BCUT2D eigenvalue weighted by atomic mass is 9.85. The predicted molar refractivity (Wildman–Crippen MR) is 96.6 cm³/mol. The maximum absolute atomic E-state index is 12.6. The Balaban J connectivity index is 1.75. The lowest BCUT2D eigenvalue weighted by Gasteiger charge is -2.22. The van der Waals surface area contributed by atoms with Crippen LogP contribution in [0.4, 0.5) is 5.69 Å². The van der Waals surface area contributed by atoms with Gasteiger partial charge in [0.2, 0.25) is 17.7 Å². The second-order valence-corrected chi connectivity index (χ2v) is 7.44. The lowest BCUT2D eigenvalue weighted by molar-refractivity contribution is -0.146. The molecule has 5 nitrogen and oxygen atoms in total. The van der Waals surface area contributed by atoms with Crippen LogP contribution in [-0.4, -0.2) is 28.7 Å². The number of nitrogens with one attached hydrogen (secondary N) is 1. The molecule has 1 fully saturated rings. The first-order valence-corrected chi connectivity index (χ1v) is 8.90. The van der Waals surface area contributed by atoms with Gasteiger partial charge in [0.15, 0.2) is 0 Å². The van der Waals surface area contributed by atoms with Crippen molar-refractivity contribution in [2.24, 2.45) is 11.8 Å². The molecule has 0 bridgehead atoms. The summed E-state index contributed by atoms with van der Waals surface area (Å²) in [5.74, 6) is -2.07. The molecule has 25 heavy (non-hydrogen) atoms. The molecule has 3 unspecified atom stereocenters. The fraction of sp³-hybridized carbons (Fsp3) is 0.353. The zero-order valence-corrected chi connectivity index (χ0v) is 15.5. The van der Waals surface area contributed by atoms with Crippen LogP contribution in [0.25, 0.3) is 0 Å². The second kappa shape index (κ2) is 6.98. The molecule has 0 aromatic heterocycles. The van der Waals surface area contributed by atoms with Crippen LogP contribution >= 0.6 is 34.8 Å². The number of hydrogen-bond donors (Lipinski definition) is 1. The summed E-state index contributed by atoms with van der Waals surface area (Å²) in [6.45, 7) is 1.52. The van der Waals surface area contributed by atoms with Crippen molar-refractivity contribution in [2.75, 3.05) is 5.32 Å². The van der Waals surface area contributed by atoms with Crippen molar-refractivity contribution in [1.82, 2.24) is 4.90 Å². The predicted octanol–water partition coefficient (Wildman–Crippen LogP) is 3.84. The molecule has 1 aliphatic heterocycles. The molecule has 1 N–H and O–H groups in total. The number of allylic oxidation sites excluding steroid dienone is 2. The molecule has 3 atom stereocenters. The number of carbonyl (C=O) groups excluding carboxylic acids is 3. The number of hydrogen-bond acceptors (Lipinski definition) is 3. The van der Waals surface area contributed by atoms with Crippen molar-refractivity contribution in [2.45, 2.75) is 25.8 Å². The van der Waals surface area contributed by atoms with Crippen LogP contribution in [0.2, 0.25) is 10.0 Å². The van der Waals surface area contributed by atoms with Crippen LogP contribution in [0.1, 0.15) is 19.8 Å². The molecule has 1 aromatic carbocycles. The van der Waals surface area contributed by atoms with Gasteiger partial charge in [0.1, 0.15) is 6.04 Å². The van der Waals surface area contributed by atoms with E-state index in [1.807, 2.05) is 0 Å². The van der Waals surface area contributed by atoms with Gasteiger partial charge in [0.05, 0.1) is 21.9 Å².